The number of unbranched alkanes of at least 4 members (excludes halogenated alkanes) is 12. The number of phosphoric ester groups is 2. The van der Waals surface area contributed by atoms with Gasteiger partial charge in [-0.3, -0.25) is 23.2 Å². The van der Waals surface area contributed by atoms with Crippen LogP contribution in [-0.4, -0.2) is 96.9 Å². The maximum Gasteiger partial charge on any atom is 0.481 e. The fourth-order valence-electron chi connectivity index (χ4n) is 6.95. The van der Waals surface area contributed by atoms with Crippen molar-refractivity contribution in [2.24, 2.45) is 0 Å². The van der Waals surface area contributed by atoms with Crippen LogP contribution in [0.3, 0.4) is 0 Å². The summed E-state index contributed by atoms with van der Waals surface area (Å²) in [6, 6.07) is 1.24. The van der Waals surface area contributed by atoms with Crippen molar-refractivity contribution in [2.75, 3.05) is 25.6 Å². The Bertz CT molecular complexity index is 1990. The summed E-state index contributed by atoms with van der Waals surface area (Å²) in [5.74, 6) is -1.40. The number of aliphatic hydroxyl groups excluding tert-OH is 3. The van der Waals surface area contributed by atoms with E-state index in [2.05, 4.69) is 28.4 Å². The van der Waals surface area contributed by atoms with E-state index in [0.717, 1.165) is 75.0 Å². The van der Waals surface area contributed by atoms with E-state index in [-0.39, 0.29) is 18.7 Å². The van der Waals surface area contributed by atoms with Gasteiger partial charge in [0.15, 0.2) is 12.3 Å². The molecule has 7 N–H and O–H groups in total. The highest BCUT2D eigenvalue weighted by molar-refractivity contribution is 7.61. The Hall–Kier alpha value is -3.84. The van der Waals surface area contributed by atoms with E-state index in [9.17, 15) is 48.6 Å². The highest BCUT2D eigenvalue weighted by Gasteiger charge is 2.46. The fraction of sp³-hybridized carbons (Fsp3) is 0.640. The molecule has 1 aromatic rings. The zero-order valence-electron chi connectivity index (χ0n) is 41.6. The number of esters is 2. The predicted molar refractivity (Wildman–Crippen MR) is 271 cm³/mol. The lowest BCUT2D eigenvalue weighted by Crippen LogP contribution is -2.36. The standard InChI is InChI=1S/C50H81N3O16P2/c1-3-5-7-8-9-10-11-12-13-14-19-22-25-28-31-35-46(56)67-42(38-64-45(55)34-30-27-24-21-18-16-15-17-20-23-26-29-33-41(54)32-6-4-2)39-65-70(60,61)69-71(62,63)66-40-43-47(57)48(58)49(68-43)53-37-36-44(51)52-50(53)59/h6,10-11,15-16,20-21,23-24,26,29,32,36-37,41-43,47-49,54,57-58H,3-5,7-9,12-14,17-19,22,25,27-28,30-31,33-35,38-40H2,1-2H3,(H,60,61)(H,62,63)(H2,51,52,59)/b11-10-,16-15-,23-20-,24-21-,29-26+,32-6-/t41?,42-,43-,47-,48-,49-/m1/s1. The average molecular weight is 1040 g/mol. The van der Waals surface area contributed by atoms with Crippen molar-refractivity contribution >= 4 is 33.4 Å². The third-order valence-electron chi connectivity index (χ3n) is 10.8. The van der Waals surface area contributed by atoms with Crippen LogP contribution >= 0.6 is 15.6 Å². The van der Waals surface area contributed by atoms with Gasteiger partial charge < -0.3 is 45.1 Å². The van der Waals surface area contributed by atoms with Gasteiger partial charge in [0.1, 0.15) is 30.7 Å². The smallest absolute Gasteiger partial charge is 0.462 e. The summed E-state index contributed by atoms with van der Waals surface area (Å²) in [5.41, 5.74) is 4.58. The first-order valence-corrected chi connectivity index (χ1v) is 28.0. The third kappa shape index (κ3) is 30.7. The van der Waals surface area contributed by atoms with Crippen LogP contribution in [-0.2, 0) is 46.3 Å². The van der Waals surface area contributed by atoms with Crippen LogP contribution in [0.2, 0.25) is 0 Å². The largest absolute Gasteiger partial charge is 0.481 e. The molecule has 3 unspecified atom stereocenters. The molecule has 0 radical (unpaired) electrons. The number of allylic oxidation sites excluding steroid dienone is 10. The van der Waals surface area contributed by atoms with Crippen LogP contribution in [0.1, 0.15) is 155 Å². The molecule has 1 aliphatic heterocycles. The number of phosphoric acid groups is 2. The Labute approximate surface area is 419 Å². The molecule has 2 heterocycles. The van der Waals surface area contributed by atoms with Crippen LogP contribution in [0, 0.1) is 0 Å². The van der Waals surface area contributed by atoms with Crippen molar-refractivity contribution in [1.82, 2.24) is 9.55 Å². The highest BCUT2D eigenvalue weighted by Crippen LogP contribution is 2.60. The Morgan fingerprint density at radius 1 is 0.761 bits per heavy atom. The lowest BCUT2D eigenvalue weighted by atomic mass is 10.1. The number of ether oxygens (including phenoxy) is 3. The summed E-state index contributed by atoms with van der Waals surface area (Å²) in [7, 11) is -10.9. The first-order chi connectivity index (χ1) is 34.1. The normalized spacial score (nSPS) is 20.2. The van der Waals surface area contributed by atoms with Gasteiger partial charge in [0, 0.05) is 19.0 Å². The minimum Gasteiger partial charge on any atom is -0.462 e. The second kappa shape index (κ2) is 37.8. The summed E-state index contributed by atoms with van der Waals surface area (Å²) in [5, 5.41) is 30.7. The first kappa shape index (κ1) is 63.3. The number of hydrogen-bond acceptors (Lipinski definition) is 16. The predicted octanol–water partition coefficient (Wildman–Crippen LogP) is 9.08. The van der Waals surface area contributed by atoms with Gasteiger partial charge in [-0.15, -0.1) is 0 Å². The van der Waals surface area contributed by atoms with Gasteiger partial charge in [0.2, 0.25) is 0 Å². The van der Waals surface area contributed by atoms with E-state index >= 15 is 0 Å². The van der Waals surface area contributed by atoms with Crippen molar-refractivity contribution in [3.05, 3.63) is 95.7 Å². The van der Waals surface area contributed by atoms with E-state index in [1.54, 1.807) is 6.08 Å². The maximum atomic E-state index is 12.9. The van der Waals surface area contributed by atoms with Crippen LogP contribution in [0.4, 0.5) is 5.82 Å². The van der Waals surface area contributed by atoms with Gasteiger partial charge in [-0.2, -0.15) is 9.29 Å². The summed E-state index contributed by atoms with van der Waals surface area (Å²) in [6.45, 7) is 1.83. The molecule has 402 valence electrons. The number of nitrogens with zero attached hydrogens (tertiary/aromatic N) is 2. The first-order valence-electron chi connectivity index (χ1n) is 25.1. The molecule has 71 heavy (non-hydrogen) atoms. The Balaban J connectivity index is 1.84. The number of rotatable bonds is 40. The summed E-state index contributed by atoms with van der Waals surface area (Å²) >= 11 is 0. The van der Waals surface area contributed by atoms with Crippen LogP contribution in [0.5, 0.6) is 0 Å². The zero-order valence-corrected chi connectivity index (χ0v) is 43.4. The zero-order chi connectivity index (χ0) is 52.2. The monoisotopic (exact) mass is 1040 g/mol. The Kier molecular flexibility index (Phi) is 33.7. The van der Waals surface area contributed by atoms with Crippen molar-refractivity contribution in [2.45, 2.75) is 185 Å². The molecule has 0 amide bonds. The van der Waals surface area contributed by atoms with E-state index < -0.39 is 89.8 Å². The van der Waals surface area contributed by atoms with E-state index in [4.69, 9.17) is 29.0 Å². The number of carbonyl (C=O) groups is 2. The molecule has 21 heteroatoms. The van der Waals surface area contributed by atoms with Crippen molar-refractivity contribution in [3.63, 3.8) is 0 Å². The lowest BCUT2D eigenvalue weighted by molar-refractivity contribution is -0.161. The molecule has 8 atom stereocenters. The Morgan fingerprint density at radius 3 is 2.04 bits per heavy atom. The molecule has 0 bridgehead atoms. The number of aliphatic hydroxyl groups is 3. The molecule has 1 aromatic heterocycles. The lowest BCUT2D eigenvalue weighted by Gasteiger charge is -2.21. The molecule has 1 saturated heterocycles. The molecular weight excluding hydrogens is 961 g/mol. The maximum absolute atomic E-state index is 12.9. The third-order valence-corrected chi connectivity index (χ3v) is 13.5. The topological polar surface area (TPSA) is 286 Å². The molecular formula is C50H81N3O16P2. The second-order valence-corrected chi connectivity index (χ2v) is 20.2. The van der Waals surface area contributed by atoms with Crippen LogP contribution < -0.4 is 11.4 Å². The molecule has 1 aliphatic rings. The van der Waals surface area contributed by atoms with Crippen molar-refractivity contribution < 1.29 is 71.4 Å². The van der Waals surface area contributed by atoms with Gasteiger partial charge in [-0.25, -0.2) is 13.9 Å². The molecule has 0 aromatic carbocycles. The van der Waals surface area contributed by atoms with Gasteiger partial charge in [0.05, 0.1) is 19.3 Å². The van der Waals surface area contributed by atoms with E-state index in [1.165, 1.54) is 31.7 Å². The number of carbonyl (C=O) groups excluding carboxylic acids is 2. The van der Waals surface area contributed by atoms with Crippen LogP contribution in [0.15, 0.2) is 90.0 Å². The minimum absolute atomic E-state index is 0.0212. The molecule has 19 nitrogen and oxygen atoms in total. The number of aromatic nitrogens is 2. The average Bonchev–Trinajstić information content (AvgIpc) is 3.60. The summed E-state index contributed by atoms with van der Waals surface area (Å²) in [4.78, 5) is 61.9. The fourth-order valence-corrected chi connectivity index (χ4v) is 9.06. The van der Waals surface area contributed by atoms with Crippen molar-refractivity contribution in [1.29, 1.82) is 0 Å². The molecule has 0 spiro atoms. The van der Waals surface area contributed by atoms with Crippen molar-refractivity contribution in [3.8, 4) is 0 Å². The SMILES string of the molecule is CC/C=C\C(O)C/C=C/C=C\C/C=C\C/C=C\CCCC(=O)OC[C@H](COP(=O)(O)OP(=O)(O)OC[C@H]1O[C@@H](n2ccc(N)nc2=O)[C@H](O)[C@@H]1O)OC(=O)CCCCCCCCC/C=C\CCCCCC. The summed E-state index contributed by atoms with van der Waals surface area (Å²) < 4.78 is 56.7. The highest BCUT2D eigenvalue weighted by atomic mass is 31.3. The van der Waals surface area contributed by atoms with Gasteiger partial charge >= 0.3 is 33.3 Å². The van der Waals surface area contributed by atoms with E-state index in [1.807, 2.05) is 61.6 Å². The quantitative estimate of drug-likeness (QED) is 0.0117. The van der Waals surface area contributed by atoms with Gasteiger partial charge in [0.25, 0.3) is 0 Å². The molecule has 2 rings (SSSR count). The van der Waals surface area contributed by atoms with Crippen LogP contribution in [0.25, 0.3) is 0 Å². The number of hydrogen-bond donors (Lipinski definition) is 6. The van der Waals surface area contributed by atoms with Gasteiger partial charge in [-0.1, -0.05) is 138 Å². The second-order valence-electron chi connectivity index (χ2n) is 17.1. The number of nitrogens with two attached hydrogens (primary N) is 1. The minimum atomic E-state index is -5.44. The molecule has 1 fully saturated rings. The summed E-state index contributed by atoms with van der Waals surface area (Å²) in [6.07, 6.45) is 34.7. The number of anilines is 1. The molecule has 0 saturated carbocycles. The van der Waals surface area contributed by atoms with Gasteiger partial charge in [-0.05, 0) is 76.7 Å². The number of nitrogen functional groups attached to an aromatic ring is 1. The Morgan fingerprint density at radius 2 is 1.35 bits per heavy atom. The molecule has 0 aliphatic carbocycles. The van der Waals surface area contributed by atoms with E-state index in [0.29, 0.717) is 32.1 Å².